The van der Waals surface area contributed by atoms with Crippen molar-refractivity contribution in [3.05, 3.63) is 41.5 Å². The molecule has 0 aliphatic carbocycles. The maximum atomic E-state index is 8.73. The maximum Gasteiger partial charge on any atom is 0.0991 e. The first-order valence-electron chi connectivity index (χ1n) is 5.23. The van der Waals surface area contributed by atoms with Gasteiger partial charge >= 0.3 is 0 Å². The minimum Gasteiger partial charge on any atom is -0.383 e. The van der Waals surface area contributed by atoms with Gasteiger partial charge in [0.1, 0.15) is 0 Å². The summed E-state index contributed by atoms with van der Waals surface area (Å²) in [5.74, 6) is 0. The second-order valence-electron chi connectivity index (χ2n) is 3.34. The van der Waals surface area contributed by atoms with Gasteiger partial charge in [0.2, 0.25) is 0 Å². The Kier molecular flexibility index (Phi) is 5.94. The van der Waals surface area contributed by atoms with Crippen molar-refractivity contribution in [2.45, 2.75) is 0 Å². The molecule has 84 valence electrons. The van der Waals surface area contributed by atoms with Gasteiger partial charge in [0, 0.05) is 20.2 Å². The van der Waals surface area contributed by atoms with Gasteiger partial charge in [-0.2, -0.15) is 5.26 Å². The van der Waals surface area contributed by atoms with Crippen LogP contribution in [-0.2, 0) is 4.74 Å². The number of hydrogen-bond acceptors (Lipinski definition) is 3. The molecule has 3 heteroatoms. The van der Waals surface area contributed by atoms with Crippen molar-refractivity contribution in [1.82, 2.24) is 5.32 Å². The summed E-state index contributed by atoms with van der Waals surface area (Å²) in [5.41, 5.74) is 1.74. The molecule has 0 aromatic heterocycles. The lowest BCUT2D eigenvalue weighted by Crippen LogP contribution is -2.18. The van der Waals surface area contributed by atoms with Crippen LogP contribution in [0.3, 0.4) is 0 Å². The lowest BCUT2D eigenvalue weighted by molar-refractivity contribution is 0.200. The Labute approximate surface area is 96.4 Å². The van der Waals surface area contributed by atoms with Gasteiger partial charge in [0.05, 0.1) is 18.2 Å². The number of hydrogen-bond donors (Lipinski definition) is 1. The Bertz CT molecular complexity index is 380. The van der Waals surface area contributed by atoms with Crippen LogP contribution >= 0.6 is 0 Å². The van der Waals surface area contributed by atoms with Crippen LogP contribution in [0.5, 0.6) is 0 Å². The number of rotatable bonds is 6. The average molecular weight is 216 g/mol. The van der Waals surface area contributed by atoms with Crippen LogP contribution in [0, 0.1) is 11.3 Å². The number of ether oxygens (including phenoxy) is 1. The van der Waals surface area contributed by atoms with E-state index >= 15 is 0 Å². The van der Waals surface area contributed by atoms with Gasteiger partial charge in [-0.05, 0) is 17.7 Å². The first-order valence-corrected chi connectivity index (χ1v) is 5.23. The number of nitriles is 1. The monoisotopic (exact) mass is 216 g/mol. The summed E-state index contributed by atoms with van der Waals surface area (Å²) in [5, 5.41) is 11.9. The van der Waals surface area contributed by atoms with Crippen LogP contribution in [0.25, 0.3) is 6.08 Å². The van der Waals surface area contributed by atoms with Crippen LogP contribution in [0.15, 0.2) is 30.3 Å². The summed E-state index contributed by atoms with van der Waals surface area (Å²) in [6, 6.07) is 9.65. The Morgan fingerprint density at radius 2 is 2.38 bits per heavy atom. The third-order valence-corrected chi connectivity index (χ3v) is 2.07. The summed E-state index contributed by atoms with van der Waals surface area (Å²) < 4.78 is 4.91. The van der Waals surface area contributed by atoms with Gasteiger partial charge in [-0.25, -0.2) is 0 Å². The topological polar surface area (TPSA) is 45.0 Å². The molecule has 0 aliphatic heterocycles. The van der Waals surface area contributed by atoms with E-state index in [1.165, 1.54) is 0 Å². The van der Waals surface area contributed by atoms with Crippen LogP contribution in [0.4, 0.5) is 0 Å². The second-order valence-corrected chi connectivity index (χ2v) is 3.34. The largest absolute Gasteiger partial charge is 0.383 e. The molecular formula is C13H16N2O. The molecule has 0 heterocycles. The fraction of sp³-hybridized carbons (Fsp3) is 0.308. The Morgan fingerprint density at radius 1 is 1.50 bits per heavy atom. The molecule has 0 fully saturated rings. The molecule has 3 nitrogen and oxygen atoms in total. The number of methoxy groups -OCH3 is 1. The van der Waals surface area contributed by atoms with Gasteiger partial charge < -0.3 is 10.1 Å². The van der Waals surface area contributed by atoms with Crippen molar-refractivity contribution in [2.24, 2.45) is 0 Å². The van der Waals surface area contributed by atoms with Crippen LogP contribution < -0.4 is 5.32 Å². The first kappa shape index (κ1) is 12.4. The summed E-state index contributed by atoms with van der Waals surface area (Å²) in [6.45, 7) is 2.37. The van der Waals surface area contributed by atoms with E-state index in [4.69, 9.17) is 10.00 Å². The maximum absolute atomic E-state index is 8.73. The van der Waals surface area contributed by atoms with Crippen LogP contribution in [0.2, 0.25) is 0 Å². The SMILES string of the molecule is COCCNCC=Cc1cccc(C#N)c1. The zero-order valence-electron chi connectivity index (χ0n) is 9.44. The summed E-state index contributed by atoms with van der Waals surface area (Å²) in [4.78, 5) is 0. The predicted molar refractivity (Wildman–Crippen MR) is 64.9 cm³/mol. The highest BCUT2D eigenvalue weighted by Crippen LogP contribution is 2.05. The average Bonchev–Trinajstić information content (AvgIpc) is 2.34. The van der Waals surface area contributed by atoms with Crippen molar-refractivity contribution in [1.29, 1.82) is 5.26 Å². The molecule has 1 rings (SSSR count). The smallest absolute Gasteiger partial charge is 0.0991 e. The third-order valence-electron chi connectivity index (χ3n) is 2.07. The molecule has 0 saturated heterocycles. The molecule has 0 bridgehead atoms. The van der Waals surface area contributed by atoms with Crippen molar-refractivity contribution in [2.75, 3.05) is 26.8 Å². The zero-order chi connectivity index (χ0) is 11.6. The highest BCUT2D eigenvalue weighted by atomic mass is 16.5. The minimum absolute atomic E-state index is 0.689. The predicted octanol–water partition coefficient (Wildman–Crippen LogP) is 1.81. The van der Waals surface area contributed by atoms with E-state index in [0.29, 0.717) is 5.56 Å². The summed E-state index contributed by atoms with van der Waals surface area (Å²) in [6.07, 6.45) is 4.03. The fourth-order valence-corrected chi connectivity index (χ4v) is 1.27. The Balaban J connectivity index is 2.35. The Hall–Kier alpha value is -1.63. The molecule has 0 atom stereocenters. The molecule has 1 aromatic rings. The van der Waals surface area contributed by atoms with E-state index in [9.17, 15) is 0 Å². The van der Waals surface area contributed by atoms with E-state index < -0.39 is 0 Å². The van der Waals surface area contributed by atoms with Gasteiger partial charge in [-0.1, -0.05) is 24.3 Å². The molecule has 16 heavy (non-hydrogen) atoms. The lowest BCUT2D eigenvalue weighted by Gasteiger charge is -1.99. The number of nitrogens with zero attached hydrogens (tertiary/aromatic N) is 1. The minimum atomic E-state index is 0.689. The fourth-order valence-electron chi connectivity index (χ4n) is 1.27. The molecular weight excluding hydrogens is 200 g/mol. The van der Waals surface area contributed by atoms with Crippen molar-refractivity contribution in [3.8, 4) is 6.07 Å². The molecule has 0 saturated carbocycles. The molecule has 1 N–H and O–H groups in total. The molecule has 0 spiro atoms. The van der Waals surface area contributed by atoms with Crippen LogP contribution in [0.1, 0.15) is 11.1 Å². The highest BCUT2D eigenvalue weighted by molar-refractivity contribution is 5.52. The Morgan fingerprint density at radius 3 is 3.12 bits per heavy atom. The van der Waals surface area contributed by atoms with E-state index in [-0.39, 0.29) is 0 Å². The van der Waals surface area contributed by atoms with E-state index in [1.807, 2.05) is 30.4 Å². The van der Waals surface area contributed by atoms with E-state index in [1.54, 1.807) is 13.2 Å². The van der Waals surface area contributed by atoms with E-state index in [0.717, 1.165) is 25.3 Å². The van der Waals surface area contributed by atoms with Crippen molar-refractivity contribution >= 4 is 6.08 Å². The van der Waals surface area contributed by atoms with Gasteiger partial charge in [0.25, 0.3) is 0 Å². The summed E-state index contributed by atoms with van der Waals surface area (Å²) in [7, 11) is 1.69. The van der Waals surface area contributed by atoms with Gasteiger partial charge in [0.15, 0.2) is 0 Å². The second kappa shape index (κ2) is 7.63. The third kappa shape index (κ3) is 4.74. The standard InChI is InChI=1S/C13H16N2O/c1-16-9-8-15-7-3-6-12-4-2-5-13(10-12)11-14/h2-6,10,15H,7-9H2,1H3. The lowest BCUT2D eigenvalue weighted by atomic mass is 10.1. The molecule has 0 unspecified atom stereocenters. The van der Waals surface area contributed by atoms with Gasteiger partial charge in [-0.3, -0.25) is 0 Å². The van der Waals surface area contributed by atoms with Gasteiger partial charge in [-0.15, -0.1) is 0 Å². The molecule has 0 radical (unpaired) electrons. The molecule has 1 aromatic carbocycles. The van der Waals surface area contributed by atoms with Crippen LogP contribution in [-0.4, -0.2) is 26.8 Å². The number of nitrogens with one attached hydrogen (secondary N) is 1. The van der Waals surface area contributed by atoms with Crippen molar-refractivity contribution < 1.29 is 4.74 Å². The zero-order valence-corrected chi connectivity index (χ0v) is 9.44. The number of benzene rings is 1. The summed E-state index contributed by atoms with van der Waals surface area (Å²) >= 11 is 0. The van der Waals surface area contributed by atoms with E-state index in [2.05, 4.69) is 11.4 Å². The highest BCUT2D eigenvalue weighted by Gasteiger charge is 1.90. The first-order chi connectivity index (χ1) is 7.86. The molecule has 0 aliphatic rings. The normalized spacial score (nSPS) is 10.5. The molecule has 0 amide bonds. The quantitative estimate of drug-likeness (QED) is 0.737. The van der Waals surface area contributed by atoms with Crippen molar-refractivity contribution in [3.63, 3.8) is 0 Å².